The minimum atomic E-state index is -0.0648. The van der Waals surface area contributed by atoms with Crippen molar-refractivity contribution in [1.82, 2.24) is 14.4 Å². The molecule has 0 radical (unpaired) electrons. The van der Waals surface area contributed by atoms with Crippen molar-refractivity contribution in [1.29, 1.82) is 0 Å². The molecular weight excluding hydrogens is 290 g/mol. The molecule has 3 aromatic rings. The minimum absolute atomic E-state index is 0.0648. The van der Waals surface area contributed by atoms with E-state index in [9.17, 15) is 5.11 Å². The number of hydrogen-bond acceptors (Lipinski definition) is 5. The number of hydrogen-bond donors (Lipinski definition) is 1. The van der Waals surface area contributed by atoms with Gasteiger partial charge in [0.05, 0.1) is 17.3 Å². The van der Waals surface area contributed by atoms with Crippen LogP contribution in [0, 0.1) is 0 Å². The summed E-state index contributed by atoms with van der Waals surface area (Å²) in [5.41, 5.74) is 0.762. The number of imidazole rings is 1. The molecule has 0 aliphatic heterocycles. The Hall–Kier alpha value is -1.08. The van der Waals surface area contributed by atoms with E-state index >= 15 is 0 Å². The molecular formula is C11H8ClN3OS2. The Balaban J connectivity index is 2.04. The van der Waals surface area contributed by atoms with Crippen LogP contribution in [0.15, 0.2) is 40.0 Å². The predicted octanol–water partition coefficient (Wildman–Crippen LogP) is 3.09. The van der Waals surface area contributed by atoms with E-state index in [-0.39, 0.29) is 6.61 Å². The number of halogens is 1. The van der Waals surface area contributed by atoms with Crippen LogP contribution in [0.25, 0.3) is 4.96 Å². The number of fused-ring (bicyclic) bond motifs is 1. The first-order valence-corrected chi connectivity index (χ1v) is 7.20. The average Bonchev–Trinajstić information content (AvgIpc) is 2.92. The summed E-state index contributed by atoms with van der Waals surface area (Å²) in [6.07, 6.45) is 3.58. The molecule has 0 spiro atoms. The fourth-order valence-corrected chi connectivity index (χ4v) is 3.48. The second-order valence-corrected chi connectivity index (χ2v) is 5.73. The highest BCUT2D eigenvalue weighted by Crippen LogP contribution is 2.34. The maximum absolute atomic E-state index is 9.45. The van der Waals surface area contributed by atoms with Gasteiger partial charge >= 0.3 is 0 Å². The molecule has 0 aromatic carbocycles. The van der Waals surface area contributed by atoms with Gasteiger partial charge in [0.1, 0.15) is 10.1 Å². The van der Waals surface area contributed by atoms with Crippen LogP contribution in [0.1, 0.15) is 5.69 Å². The highest BCUT2D eigenvalue weighted by molar-refractivity contribution is 7.99. The van der Waals surface area contributed by atoms with Crippen LogP contribution in [0.4, 0.5) is 0 Å². The Morgan fingerprint density at radius 2 is 2.33 bits per heavy atom. The van der Waals surface area contributed by atoms with E-state index in [2.05, 4.69) is 9.97 Å². The third-order valence-corrected chi connectivity index (χ3v) is 4.60. The molecule has 0 atom stereocenters. The summed E-state index contributed by atoms with van der Waals surface area (Å²) in [5, 5.41) is 13.4. The van der Waals surface area contributed by atoms with E-state index in [4.69, 9.17) is 11.6 Å². The molecule has 0 fully saturated rings. The van der Waals surface area contributed by atoms with Gasteiger partial charge in [0.25, 0.3) is 0 Å². The van der Waals surface area contributed by atoms with Crippen molar-refractivity contribution in [2.45, 2.75) is 16.7 Å². The first kappa shape index (κ1) is 12.0. The van der Waals surface area contributed by atoms with Crippen LogP contribution in [0.5, 0.6) is 0 Å². The molecule has 0 saturated carbocycles. The molecule has 0 amide bonds. The molecule has 0 aliphatic carbocycles. The van der Waals surface area contributed by atoms with Gasteiger partial charge in [-0.05, 0) is 23.9 Å². The molecule has 0 saturated heterocycles. The Kier molecular flexibility index (Phi) is 3.25. The molecule has 3 heterocycles. The number of nitrogens with zero attached hydrogens (tertiary/aromatic N) is 3. The summed E-state index contributed by atoms with van der Waals surface area (Å²) in [5.74, 6) is 0. The second-order valence-electron chi connectivity index (χ2n) is 3.47. The summed E-state index contributed by atoms with van der Waals surface area (Å²) in [7, 11) is 0. The van der Waals surface area contributed by atoms with Crippen molar-refractivity contribution in [2.75, 3.05) is 0 Å². The van der Waals surface area contributed by atoms with Crippen molar-refractivity contribution in [3.8, 4) is 0 Å². The van der Waals surface area contributed by atoms with Gasteiger partial charge in [-0.2, -0.15) is 0 Å². The molecule has 0 unspecified atom stereocenters. The average molecular weight is 298 g/mol. The van der Waals surface area contributed by atoms with Crippen LogP contribution in [0.2, 0.25) is 5.02 Å². The van der Waals surface area contributed by atoms with Crippen molar-refractivity contribution in [3.05, 3.63) is 40.6 Å². The highest BCUT2D eigenvalue weighted by atomic mass is 35.5. The lowest BCUT2D eigenvalue weighted by atomic mass is 10.5. The van der Waals surface area contributed by atoms with Crippen molar-refractivity contribution in [2.24, 2.45) is 0 Å². The summed E-state index contributed by atoms with van der Waals surface area (Å²) in [6.45, 7) is -0.0648. The summed E-state index contributed by atoms with van der Waals surface area (Å²) in [4.78, 5) is 9.53. The van der Waals surface area contributed by atoms with Gasteiger partial charge < -0.3 is 5.11 Å². The van der Waals surface area contributed by atoms with E-state index in [0.717, 1.165) is 15.7 Å². The van der Waals surface area contributed by atoms with E-state index in [0.29, 0.717) is 10.0 Å². The smallest absolute Gasteiger partial charge is 0.195 e. The minimum Gasteiger partial charge on any atom is -0.390 e. The summed E-state index contributed by atoms with van der Waals surface area (Å²) < 4.78 is 1.88. The molecule has 7 heteroatoms. The lowest BCUT2D eigenvalue weighted by Gasteiger charge is -2.01. The molecule has 18 heavy (non-hydrogen) atoms. The van der Waals surface area contributed by atoms with E-state index in [1.807, 2.05) is 16.0 Å². The number of aromatic nitrogens is 3. The number of aliphatic hydroxyl groups is 1. The van der Waals surface area contributed by atoms with Gasteiger partial charge in [0.2, 0.25) is 0 Å². The maximum atomic E-state index is 9.45. The number of thiazole rings is 1. The molecule has 0 bridgehead atoms. The van der Waals surface area contributed by atoms with E-state index in [1.165, 1.54) is 23.1 Å². The van der Waals surface area contributed by atoms with E-state index < -0.39 is 0 Å². The van der Waals surface area contributed by atoms with Gasteiger partial charge in [-0.15, -0.1) is 11.3 Å². The first-order valence-electron chi connectivity index (χ1n) is 5.13. The van der Waals surface area contributed by atoms with Gasteiger partial charge in [0, 0.05) is 17.8 Å². The quantitative estimate of drug-likeness (QED) is 0.807. The third kappa shape index (κ3) is 2.01. The van der Waals surface area contributed by atoms with Crippen molar-refractivity contribution >= 4 is 39.7 Å². The van der Waals surface area contributed by atoms with Crippen LogP contribution < -0.4 is 0 Å². The monoisotopic (exact) mass is 297 g/mol. The van der Waals surface area contributed by atoms with Gasteiger partial charge in [0.15, 0.2) is 4.96 Å². The summed E-state index contributed by atoms with van der Waals surface area (Å²) in [6, 6.07) is 3.57. The Bertz CT molecular complexity index is 694. The largest absolute Gasteiger partial charge is 0.390 e. The Morgan fingerprint density at radius 1 is 1.44 bits per heavy atom. The number of aliphatic hydroxyl groups excluding tert-OH is 1. The van der Waals surface area contributed by atoms with Crippen LogP contribution >= 0.6 is 34.7 Å². The number of rotatable bonds is 3. The lowest BCUT2D eigenvalue weighted by Crippen LogP contribution is -1.91. The predicted molar refractivity (Wildman–Crippen MR) is 72.4 cm³/mol. The SMILES string of the molecule is OCc1c(Sc2ncccc2Cl)nc2sccn12. The molecule has 4 nitrogen and oxygen atoms in total. The molecule has 92 valence electrons. The topological polar surface area (TPSA) is 50.4 Å². The fraction of sp³-hybridized carbons (Fsp3) is 0.0909. The van der Waals surface area contributed by atoms with Crippen molar-refractivity contribution < 1.29 is 5.11 Å². The lowest BCUT2D eigenvalue weighted by molar-refractivity contribution is 0.272. The fourth-order valence-electron chi connectivity index (χ4n) is 1.58. The third-order valence-electron chi connectivity index (χ3n) is 2.39. The summed E-state index contributed by atoms with van der Waals surface area (Å²) >= 11 is 8.96. The number of pyridine rings is 1. The standard InChI is InChI=1S/C11H8ClN3OS2/c12-7-2-1-3-13-9(7)18-10-8(6-16)15-4-5-17-11(15)14-10/h1-5,16H,6H2. The van der Waals surface area contributed by atoms with Crippen LogP contribution in [-0.2, 0) is 6.61 Å². The molecule has 3 rings (SSSR count). The van der Waals surface area contributed by atoms with Crippen LogP contribution in [0.3, 0.4) is 0 Å². The molecule has 3 aromatic heterocycles. The molecule has 1 N–H and O–H groups in total. The Morgan fingerprint density at radius 3 is 3.11 bits per heavy atom. The van der Waals surface area contributed by atoms with Crippen LogP contribution in [-0.4, -0.2) is 19.5 Å². The van der Waals surface area contributed by atoms with Gasteiger partial charge in [-0.25, -0.2) is 9.97 Å². The second kappa shape index (κ2) is 4.89. The zero-order valence-corrected chi connectivity index (χ0v) is 11.5. The van der Waals surface area contributed by atoms with Gasteiger partial charge in [-0.3, -0.25) is 4.40 Å². The van der Waals surface area contributed by atoms with Gasteiger partial charge in [-0.1, -0.05) is 11.6 Å². The zero-order chi connectivity index (χ0) is 12.5. The maximum Gasteiger partial charge on any atom is 0.195 e. The van der Waals surface area contributed by atoms with E-state index in [1.54, 1.807) is 18.3 Å². The Labute approximate surface area is 116 Å². The first-order chi connectivity index (χ1) is 8.79. The highest BCUT2D eigenvalue weighted by Gasteiger charge is 2.15. The van der Waals surface area contributed by atoms with Crippen molar-refractivity contribution in [3.63, 3.8) is 0 Å². The molecule has 0 aliphatic rings. The normalized spacial score (nSPS) is 11.2. The zero-order valence-electron chi connectivity index (χ0n) is 9.08.